The molecule has 2 aromatic heterocycles. The van der Waals surface area contributed by atoms with Gasteiger partial charge in [-0.1, -0.05) is 49.4 Å². The normalized spacial score (nSPS) is 10.9. The summed E-state index contributed by atoms with van der Waals surface area (Å²) in [5, 5.41) is 15.7. The first-order valence-electron chi connectivity index (χ1n) is 8.99. The third kappa shape index (κ3) is 3.44. The van der Waals surface area contributed by atoms with E-state index in [0.717, 1.165) is 39.1 Å². The second kappa shape index (κ2) is 7.74. The van der Waals surface area contributed by atoms with E-state index in [2.05, 4.69) is 27.6 Å². The molecule has 0 atom stereocenters. The van der Waals surface area contributed by atoms with Gasteiger partial charge in [-0.05, 0) is 18.1 Å². The number of anilines is 1. The highest BCUT2D eigenvalue weighted by Gasteiger charge is 2.16. The van der Waals surface area contributed by atoms with Crippen molar-refractivity contribution in [3.8, 4) is 10.7 Å². The second-order valence-corrected chi connectivity index (χ2v) is 7.20. The molecule has 1 amide bonds. The van der Waals surface area contributed by atoms with Gasteiger partial charge < -0.3 is 11.1 Å². The van der Waals surface area contributed by atoms with Crippen molar-refractivity contribution in [2.24, 2.45) is 5.73 Å². The Bertz CT molecular complexity index is 1140. The van der Waals surface area contributed by atoms with Crippen LogP contribution in [0.5, 0.6) is 0 Å². The molecule has 6 nitrogen and oxygen atoms in total. The molecule has 4 aromatic rings. The lowest BCUT2D eigenvalue weighted by molar-refractivity contribution is 0.100. The zero-order chi connectivity index (χ0) is 19.5. The summed E-state index contributed by atoms with van der Waals surface area (Å²) in [6, 6.07) is 15.6. The summed E-state index contributed by atoms with van der Waals surface area (Å²) in [5.41, 5.74) is 7.98. The van der Waals surface area contributed by atoms with E-state index in [9.17, 15) is 4.79 Å². The van der Waals surface area contributed by atoms with Crippen LogP contribution in [0.3, 0.4) is 0 Å². The molecule has 0 aliphatic carbocycles. The van der Waals surface area contributed by atoms with Crippen molar-refractivity contribution >= 4 is 33.8 Å². The lowest BCUT2D eigenvalue weighted by Gasteiger charge is -2.10. The minimum absolute atomic E-state index is 0.444. The fourth-order valence-electron chi connectivity index (χ4n) is 3.06. The number of amides is 1. The van der Waals surface area contributed by atoms with E-state index in [1.165, 1.54) is 11.3 Å². The quantitative estimate of drug-likeness (QED) is 0.519. The minimum atomic E-state index is -0.444. The van der Waals surface area contributed by atoms with E-state index in [-0.39, 0.29) is 0 Å². The topological polar surface area (TPSA) is 93.8 Å². The number of aromatic nitrogens is 3. The molecule has 0 aliphatic rings. The van der Waals surface area contributed by atoms with Crippen LogP contribution >= 0.6 is 11.3 Å². The van der Waals surface area contributed by atoms with E-state index in [1.54, 1.807) is 6.07 Å². The largest absolute Gasteiger partial charge is 0.366 e. The Morgan fingerprint density at radius 2 is 1.89 bits per heavy atom. The molecule has 28 heavy (non-hydrogen) atoms. The van der Waals surface area contributed by atoms with E-state index in [1.807, 2.05) is 42.6 Å². The number of nitrogens with zero attached hydrogens (tertiary/aromatic N) is 3. The Morgan fingerprint density at radius 1 is 1.07 bits per heavy atom. The van der Waals surface area contributed by atoms with Crippen LogP contribution in [-0.4, -0.2) is 21.1 Å². The van der Waals surface area contributed by atoms with E-state index in [0.29, 0.717) is 17.9 Å². The monoisotopic (exact) mass is 389 g/mol. The molecule has 0 bridgehead atoms. The Kier molecular flexibility index (Phi) is 4.99. The first kappa shape index (κ1) is 18.1. The summed E-state index contributed by atoms with van der Waals surface area (Å²) in [6.07, 6.45) is 0.731. The first-order chi connectivity index (χ1) is 13.7. The van der Waals surface area contributed by atoms with E-state index < -0.39 is 5.91 Å². The molecule has 0 unspecified atom stereocenters. The van der Waals surface area contributed by atoms with Crippen molar-refractivity contribution in [1.29, 1.82) is 0 Å². The molecule has 0 saturated heterocycles. The first-order valence-corrected chi connectivity index (χ1v) is 9.87. The molecule has 3 N–H and O–H groups in total. The minimum Gasteiger partial charge on any atom is -0.366 e. The number of aryl methyl sites for hydroxylation is 1. The lowest BCUT2D eigenvalue weighted by atomic mass is 10.1. The third-order valence-corrected chi connectivity index (χ3v) is 5.50. The number of benzene rings is 2. The number of hydrogen-bond acceptors (Lipinski definition) is 6. The number of primary amides is 1. The second-order valence-electron chi connectivity index (χ2n) is 6.32. The van der Waals surface area contributed by atoms with Crippen LogP contribution in [0.15, 0.2) is 53.9 Å². The molecule has 0 radical (unpaired) electrons. The van der Waals surface area contributed by atoms with Crippen molar-refractivity contribution in [2.75, 3.05) is 5.32 Å². The zero-order valence-corrected chi connectivity index (χ0v) is 16.2. The molecule has 2 heterocycles. The molecule has 0 saturated carbocycles. The van der Waals surface area contributed by atoms with Gasteiger partial charge in [0.1, 0.15) is 5.69 Å². The van der Waals surface area contributed by atoms with Gasteiger partial charge in [0.25, 0.3) is 0 Å². The number of thiophene rings is 1. The SMILES string of the molecule is CCc1nnc(-c2scc3c(C(N)=O)cccc23)nc1NCc1ccccc1. The van der Waals surface area contributed by atoms with E-state index in [4.69, 9.17) is 10.7 Å². The highest BCUT2D eigenvalue weighted by Crippen LogP contribution is 2.35. The maximum Gasteiger partial charge on any atom is 0.249 e. The van der Waals surface area contributed by atoms with Crippen LogP contribution in [0.25, 0.3) is 21.5 Å². The summed E-state index contributed by atoms with van der Waals surface area (Å²) < 4.78 is 0. The van der Waals surface area contributed by atoms with Crippen LogP contribution in [0.1, 0.15) is 28.5 Å². The number of rotatable bonds is 6. The summed E-state index contributed by atoms with van der Waals surface area (Å²) in [4.78, 5) is 17.3. The average Bonchev–Trinajstić information content (AvgIpc) is 3.17. The smallest absolute Gasteiger partial charge is 0.249 e. The molecule has 7 heteroatoms. The number of nitrogens with two attached hydrogens (primary N) is 1. The van der Waals surface area contributed by atoms with Gasteiger partial charge in [-0.3, -0.25) is 4.79 Å². The van der Waals surface area contributed by atoms with Crippen molar-refractivity contribution in [3.05, 3.63) is 70.7 Å². The summed E-state index contributed by atoms with van der Waals surface area (Å²) in [7, 11) is 0. The fourth-order valence-corrected chi connectivity index (χ4v) is 4.05. The maximum absolute atomic E-state index is 11.7. The highest BCUT2D eigenvalue weighted by molar-refractivity contribution is 7.15. The van der Waals surface area contributed by atoms with Crippen LogP contribution in [0.2, 0.25) is 0 Å². The fraction of sp³-hybridized carbons (Fsp3) is 0.143. The summed E-state index contributed by atoms with van der Waals surface area (Å²) in [6.45, 7) is 2.68. The van der Waals surface area contributed by atoms with Crippen LogP contribution in [0.4, 0.5) is 5.82 Å². The Labute approximate surface area is 166 Å². The summed E-state index contributed by atoms with van der Waals surface area (Å²) in [5.74, 6) is 0.818. The Morgan fingerprint density at radius 3 is 2.64 bits per heavy atom. The predicted octanol–water partition coefficient (Wildman–Crippen LogP) is 4.03. The van der Waals surface area contributed by atoms with Crippen molar-refractivity contribution in [3.63, 3.8) is 0 Å². The van der Waals surface area contributed by atoms with Crippen molar-refractivity contribution < 1.29 is 4.79 Å². The standard InChI is InChI=1S/C21H19N5OS/c1-2-17-20(23-11-13-7-4-3-5-8-13)24-21(26-25-17)18-14-9-6-10-15(19(22)27)16(14)12-28-18/h3-10,12H,2,11H2,1H3,(H2,22,27)(H,23,24,26). The number of nitrogens with one attached hydrogen (secondary N) is 1. The molecule has 140 valence electrons. The molecule has 0 spiro atoms. The number of carbonyl (C=O) groups excluding carboxylic acids is 1. The van der Waals surface area contributed by atoms with Crippen LogP contribution in [0, 0.1) is 0 Å². The Hall–Kier alpha value is -3.32. The maximum atomic E-state index is 11.7. The molecular formula is C21H19N5OS. The molecule has 4 rings (SSSR count). The van der Waals surface area contributed by atoms with Gasteiger partial charge >= 0.3 is 0 Å². The molecule has 0 aliphatic heterocycles. The molecular weight excluding hydrogens is 370 g/mol. The zero-order valence-electron chi connectivity index (χ0n) is 15.3. The number of carbonyl (C=O) groups is 1. The van der Waals surface area contributed by atoms with Gasteiger partial charge in [-0.2, -0.15) is 0 Å². The van der Waals surface area contributed by atoms with Gasteiger partial charge in [0.05, 0.1) is 4.88 Å². The van der Waals surface area contributed by atoms with Gasteiger partial charge in [0.2, 0.25) is 5.91 Å². The van der Waals surface area contributed by atoms with Gasteiger partial charge in [0, 0.05) is 28.3 Å². The molecule has 2 aromatic carbocycles. The van der Waals surface area contributed by atoms with Gasteiger partial charge in [-0.25, -0.2) is 4.98 Å². The average molecular weight is 389 g/mol. The molecule has 0 fully saturated rings. The predicted molar refractivity (Wildman–Crippen MR) is 112 cm³/mol. The lowest BCUT2D eigenvalue weighted by Crippen LogP contribution is -2.10. The third-order valence-electron chi connectivity index (χ3n) is 4.51. The number of fused-ring (bicyclic) bond motifs is 1. The van der Waals surface area contributed by atoms with Crippen LogP contribution < -0.4 is 11.1 Å². The number of hydrogen-bond donors (Lipinski definition) is 2. The summed E-state index contributed by atoms with van der Waals surface area (Å²) >= 11 is 1.48. The van der Waals surface area contributed by atoms with Crippen molar-refractivity contribution in [2.45, 2.75) is 19.9 Å². The highest BCUT2D eigenvalue weighted by atomic mass is 32.1. The van der Waals surface area contributed by atoms with Crippen LogP contribution in [-0.2, 0) is 13.0 Å². The van der Waals surface area contributed by atoms with E-state index >= 15 is 0 Å². The Balaban J connectivity index is 1.72. The van der Waals surface area contributed by atoms with Gasteiger partial charge in [-0.15, -0.1) is 21.5 Å². The van der Waals surface area contributed by atoms with Gasteiger partial charge in [0.15, 0.2) is 11.6 Å². The van der Waals surface area contributed by atoms with Crippen molar-refractivity contribution in [1.82, 2.24) is 15.2 Å².